The molecule has 0 fully saturated rings. The predicted molar refractivity (Wildman–Crippen MR) is 100 cm³/mol. The molecule has 2 heterocycles. The Balaban J connectivity index is 1.77. The number of nitro groups is 1. The van der Waals surface area contributed by atoms with Gasteiger partial charge in [-0.1, -0.05) is 42.5 Å². The first-order valence-electron chi connectivity index (χ1n) is 8.73. The van der Waals surface area contributed by atoms with Crippen LogP contribution in [0.5, 0.6) is 0 Å². The molecule has 0 bridgehead atoms. The number of para-hydroxylation sites is 1. The number of nitrogens with zero attached hydrogens (tertiary/aromatic N) is 3. The van der Waals surface area contributed by atoms with E-state index < -0.39 is 0 Å². The third-order valence-corrected chi connectivity index (χ3v) is 5.06. The topological polar surface area (TPSA) is 75.1 Å². The second kappa shape index (κ2) is 6.63. The van der Waals surface area contributed by atoms with E-state index in [0.29, 0.717) is 17.8 Å². The molecule has 1 N–H and O–H groups in total. The van der Waals surface area contributed by atoms with E-state index in [1.165, 1.54) is 11.1 Å². The Morgan fingerprint density at radius 2 is 1.92 bits per heavy atom. The van der Waals surface area contributed by atoms with Gasteiger partial charge in [-0.3, -0.25) is 15.2 Å². The molecule has 0 saturated carbocycles. The number of H-pyrrole nitrogens is 1. The van der Waals surface area contributed by atoms with Gasteiger partial charge in [-0.2, -0.15) is 5.10 Å². The van der Waals surface area contributed by atoms with Crippen molar-refractivity contribution in [3.05, 3.63) is 87.2 Å². The fourth-order valence-electron chi connectivity index (χ4n) is 3.84. The minimum absolute atomic E-state index is 0.0174. The van der Waals surface area contributed by atoms with E-state index in [-0.39, 0.29) is 16.7 Å². The van der Waals surface area contributed by atoms with Gasteiger partial charge in [-0.25, -0.2) is 0 Å². The van der Waals surface area contributed by atoms with E-state index in [1.807, 2.05) is 24.3 Å². The number of nitrogens with one attached hydrogen (secondary N) is 1. The van der Waals surface area contributed by atoms with Crippen LogP contribution in [0, 0.1) is 17.0 Å². The zero-order chi connectivity index (χ0) is 18.1. The molecule has 0 spiro atoms. The molecule has 4 rings (SSSR count). The number of anilines is 1. The number of fused-ring (bicyclic) bond motifs is 1. The van der Waals surface area contributed by atoms with Crippen molar-refractivity contribution in [1.29, 1.82) is 0 Å². The molecule has 1 atom stereocenters. The van der Waals surface area contributed by atoms with Gasteiger partial charge >= 0.3 is 5.69 Å². The monoisotopic (exact) mass is 348 g/mol. The molecular formula is C20H20N4O2. The van der Waals surface area contributed by atoms with Crippen molar-refractivity contribution in [2.75, 3.05) is 11.4 Å². The molecule has 132 valence electrons. The number of hydrogen-bond acceptors (Lipinski definition) is 4. The number of aromatic nitrogens is 2. The summed E-state index contributed by atoms with van der Waals surface area (Å²) in [7, 11) is 0. The van der Waals surface area contributed by atoms with E-state index in [0.717, 1.165) is 18.7 Å². The molecule has 0 aliphatic carbocycles. The van der Waals surface area contributed by atoms with Crippen LogP contribution in [0.25, 0.3) is 0 Å². The van der Waals surface area contributed by atoms with Crippen LogP contribution in [0.2, 0.25) is 0 Å². The first-order chi connectivity index (χ1) is 12.6. The molecule has 1 aliphatic rings. The normalized spacial score (nSPS) is 16.3. The molecule has 1 aromatic heterocycles. The van der Waals surface area contributed by atoms with E-state index in [9.17, 15) is 10.1 Å². The van der Waals surface area contributed by atoms with Gasteiger partial charge in [0.2, 0.25) is 0 Å². The van der Waals surface area contributed by atoms with Crippen molar-refractivity contribution in [3.8, 4) is 0 Å². The Morgan fingerprint density at radius 3 is 2.69 bits per heavy atom. The van der Waals surface area contributed by atoms with Crippen molar-refractivity contribution >= 4 is 11.4 Å². The van der Waals surface area contributed by atoms with Crippen LogP contribution in [-0.4, -0.2) is 21.7 Å². The first-order valence-corrected chi connectivity index (χ1v) is 8.73. The number of benzene rings is 2. The zero-order valence-electron chi connectivity index (χ0n) is 14.6. The Bertz CT molecular complexity index is 936. The molecule has 2 aromatic carbocycles. The second-order valence-electron chi connectivity index (χ2n) is 6.60. The average molecular weight is 348 g/mol. The summed E-state index contributed by atoms with van der Waals surface area (Å²) in [5.41, 5.74) is 4.76. The average Bonchev–Trinajstić information content (AvgIpc) is 3.03. The van der Waals surface area contributed by atoms with Crippen molar-refractivity contribution in [3.63, 3.8) is 0 Å². The smallest absolute Gasteiger partial charge is 0.312 e. The maximum absolute atomic E-state index is 11.5. The molecule has 3 aromatic rings. The Labute approximate surface area is 151 Å². The Hall–Kier alpha value is -3.15. The minimum atomic E-state index is -0.338. The Kier molecular flexibility index (Phi) is 4.16. The van der Waals surface area contributed by atoms with Gasteiger partial charge in [0.25, 0.3) is 0 Å². The summed E-state index contributed by atoms with van der Waals surface area (Å²) in [6.45, 7) is 2.57. The predicted octanol–water partition coefficient (Wildman–Crippen LogP) is 3.97. The summed E-state index contributed by atoms with van der Waals surface area (Å²) in [5.74, 6) is 0. The second-order valence-corrected chi connectivity index (χ2v) is 6.60. The number of aromatic amines is 1. The highest BCUT2D eigenvalue weighted by Crippen LogP contribution is 2.37. The summed E-state index contributed by atoms with van der Waals surface area (Å²) < 4.78 is 0. The van der Waals surface area contributed by atoms with Crippen molar-refractivity contribution in [2.24, 2.45) is 0 Å². The van der Waals surface area contributed by atoms with E-state index in [2.05, 4.69) is 45.4 Å². The fourth-order valence-corrected chi connectivity index (χ4v) is 3.84. The third-order valence-electron chi connectivity index (χ3n) is 5.06. The third kappa shape index (κ3) is 2.83. The summed E-state index contributed by atoms with van der Waals surface area (Å²) in [4.78, 5) is 13.5. The highest BCUT2D eigenvalue weighted by molar-refractivity contribution is 5.53. The van der Waals surface area contributed by atoms with Crippen molar-refractivity contribution in [1.82, 2.24) is 10.2 Å². The van der Waals surface area contributed by atoms with Gasteiger partial charge in [-0.15, -0.1) is 0 Å². The summed E-state index contributed by atoms with van der Waals surface area (Å²) >= 11 is 0. The molecule has 0 radical (unpaired) electrons. The van der Waals surface area contributed by atoms with Crippen LogP contribution in [0.4, 0.5) is 11.4 Å². The molecule has 0 unspecified atom stereocenters. The van der Waals surface area contributed by atoms with Crippen LogP contribution in [0.3, 0.4) is 0 Å². The Morgan fingerprint density at radius 1 is 1.19 bits per heavy atom. The van der Waals surface area contributed by atoms with Gasteiger partial charge in [0.1, 0.15) is 11.4 Å². The summed E-state index contributed by atoms with van der Waals surface area (Å²) in [6.07, 6.45) is 1.45. The van der Waals surface area contributed by atoms with E-state index >= 15 is 0 Å². The molecule has 1 aliphatic heterocycles. The lowest BCUT2D eigenvalue weighted by Gasteiger charge is -2.39. The molecule has 6 heteroatoms. The van der Waals surface area contributed by atoms with Gasteiger partial charge in [0.15, 0.2) is 0 Å². The lowest BCUT2D eigenvalue weighted by atomic mass is 9.89. The van der Waals surface area contributed by atoms with Gasteiger partial charge < -0.3 is 4.90 Å². The molecule has 6 nitrogen and oxygen atoms in total. The van der Waals surface area contributed by atoms with Crippen molar-refractivity contribution < 1.29 is 4.92 Å². The SMILES string of the molecule is Cc1[nH]nc(C[C@H]2c3ccccc3CCN2c2ccccc2)c1[N+](=O)[O-]. The highest BCUT2D eigenvalue weighted by Gasteiger charge is 2.31. The fraction of sp³-hybridized carbons (Fsp3) is 0.250. The van der Waals surface area contributed by atoms with Crippen LogP contribution in [0.15, 0.2) is 54.6 Å². The van der Waals surface area contributed by atoms with Gasteiger partial charge in [0, 0.05) is 18.7 Å². The van der Waals surface area contributed by atoms with Crippen LogP contribution in [-0.2, 0) is 12.8 Å². The van der Waals surface area contributed by atoms with Crippen LogP contribution >= 0.6 is 0 Å². The quantitative estimate of drug-likeness (QED) is 0.572. The number of hydrogen-bond donors (Lipinski definition) is 1. The molecular weight excluding hydrogens is 328 g/mol. The summed E-state index contributed by atoms with van der Waals surface area (Å²) in [5, 5.41) is 18.5. The van der Waals surface area contributed by atoms with Crippen molar-refractivity contribution in [2.45, 2.75) is 25.8 Å². The maximum atomic E-state index is 11.5. The summed E-state index contributed by atoms with van der Waals surface area (Å²) in [6, 6.07) is 18.6. The molecule has 0 saturated heterocycles. The minimum Gasteiger partial charge on any atom is -0.364 e. The number of rotatable bonds is 4. The number of aryl methyl sites for hydroxylation is 1. The van der Waals surface area contributed by atoms with E-state index in [4.69, 9.17) is 0 Å². The van der Waals surface area contributed by atoms with Gasteiger partial charge in [-0.05, 0) is 36.6 Å². The maximum Gasteiger partial charge on any atom is 0.312 e. The zero-order valence-corrected chi connectivity index (χ0v) is 14.6. The molecule has 26 heavy (non-hydrogen) atoms. The van der Waals surface area contributed by atoms with Crippen LogP contribution < -0.4 is 4.90 Å². The lowest BCUT2D eigenvalue weighted by molar-refractivity contribution is -0.386. The largest absolute Gasteiger partial charge is 0.364 e. The van der Waals surface area contributed by atoms with Crippen LogP contribution in [0.1, 0.15) is 28.6 Å². The lowest BCUT2D eigenvalue weighted by Crippen LogP contribution is -2.36. The first kappa shape index (κ1) is 16.3. The van der Waals surface area contributed by atoms with E-state index in [1.54, 1.807) is 6.92 Å². The molecule has 0 amide bonds. The standard InChI is InChI=1S/C20H20N4O2/c1-14-20(24(25)26)18(22-21-14)13-19-17-10-6-5-7-15(17)11-12-23(19)16-8-3-2-4-9-16/h2-10,19H,11-13H2,1H3,(H,21,22)/t19-/m0/s1. The highest BCUT2D eigenvalue weighted by atomic mass is 16.6. The van der Waals surface area contributed by atoms with Gasteiger partial charge in [0.05, 0.1) is 11.0 Å².